The first-order valence-electron chi connectivity index (χ1n) is 9.25. The van der Waals surface area contributed by atoms with Crippen LogP contribution in [-0.4, -0.2) is 18.9 Å². The third-order valence-corrected chi connectivity index (χ3v) is 4.78. The second-order valence-corrected chi connectivity index (χ2v) is 6.73. The standard InChI is InChI=1S/C24H20N2O3/c1-16-13-14-20(29-2)19(15-16)25-22-21(17-9-5-3-6-10-17)23(27)26(24(22)28)18-11-7-4-8-12-18/h3-15,25H,1-2H3. The van der Waals surface area contributed by atoms with E-state index < -0.39 is 5.91 Å². The second-order valence-electron chi connectivity index (χ2n) is 6.73. The van der Waals surface area contributed by atoms with Gasteiger partial charge in [0, 0.05) is 0 Å². The number of nitrogens with zero attached hydrogens (tertiary/aromatic N) is 1. The van der Waals surface area contributed by atoms with E-state index >= 15 is 0 Å². The molecule has 0 bridgehead atoms. The van der Waals surface area contributed by atoms with Crippen molar-refractivity contribution in [3.05, 3.63) is 95.7 Å². The molecule has 0 aliphatic carbocycles. The van der Waals surface area contributed by atoms with Crippen LogP contribution in [0.2, 0.25) is 0 Å². The lowest BCUT2D eigenvalue weighted by atomic mass is 10.0. The van der Waals surface area contributed by atoms with E-state index in [9.17, 15) is 9.59 Å². The summed E-state index contributed by atoms with van der Waals surface area (Å²) in [6, 6.07) is 23.8. The van der Waals surface area contributed by atoms with Gasteiger partial charge >= 0.3 is 0 Å². The number of amides is 2. The van der Waals surface area contributed by atoms with E-state index in [1.807, 2.05) is 61.5 Å². The Kier molecular flexibility index (Phi) is 4.87. The SMILES string of the molecule is COc1ccc(C)cc1NC1=C(c2ccccc2)C(=O)N(c2ccccc2)C1=O. The van der Waals surface area contributed by atoms with Crippen LogP contribution in [-0.2, 0) is 9.59 Å². The van der Waals surface area contributed by atoms with Crippen molar-refractivity contribution in [2.45, 2.75) is 6.92 Å². The molecule has 0 radical (unpaired) electrons. The molecule has 0 fully saturated rings. The number of carbonyl (C=O) groups excluding carboxylic acids is 2. The number of aryl methyl sites for hydroxylation is 1. The predicted molar refractivity (Wildman–Crippen MR) is 114 cm³/mol. The number of carbonyl (C=O) groups is 2. The zero-order valence-electron chi connectivity index (χ0n) is 16.2. The molecule has 0 saturated carbocycles. The van der Waals surface area contributed by atoms with Crippen molar-refractivity contribution in [1.82, 2.24) is 0 Å². The maximum Gasteiger partial charge on any atom is 0.282 e. The molecule has 1 heterocycles. The summed E-state index contributed by atoms with van der Waals surface area (Å²) in [5.41, 5.74) is 3.41. The van der Waals surface area contributed by atoms with Crippen molar-refractivity contribution < 1.29 is 14.3 Å². The summed E-state index contributed by atoms with van der Waals surface area (Å²) in [4.78, 5) is 27.8. The third-order valence-electron chi connectivity index (χ3n) is 4.78. The molecule has 5 heteroatoms. The molecule has 144 valence electrons. The van der Waals surface area contributed by atoms with Gasteiger partial charge in [0.2, 0.25) is 0 Å². The molecule has 1 aliphatic heterocycles. The van der Waals surface area contributed by atoms with E-state index in [1.54, 1.807) is 31.4 Å². The Balaban J connectivity index is 1.85. The number of anilines is 2. The van der Waals surface area contributed by atoms with Gasteiger partial charge in [0.15, 0.2) is 0 Å². The Labute approximate surface area is 169 Å². The van der Waals surface area contributed by atoms with Crippen molar-refractivity contribution in [1.29, 1.82) is 0 Å². The summed E-state index contributed by atoms with van der Waals surface area (Å²) in [5.74, 6) is -0.168. The number of hydrogen-bond acceptors (Lipinski definition) is 4. The lowest BCUT2D eigenvalue weighted by molar-refractivity contribution is -0.120. The van der Waals surface area contributed by atoms with Gasteiger partial charge in [-0.05, 0) is 42.3 Å². The summed E-state index contributed by atoms with van der Waals surface area (Å²) < 4.78 is 5.43. The van der Waals surface area contributed by atoms with Gasteiger partial charge in [-0.25, -0.2) is 4.90 Å². The number of ether oxygens (including phenoxy) is 1. The maximum absolute atomic E-state index is 13.3. The topological polar surface area (TPSA) is 58.6 Å². The zero-order chi connectivity index (χ0) is 20.4. The molecule has 3 aromatic rings. The van der Waals surface area contributed by atoms with Crippen LogP contribution in [0.15, 0.2) is 84.6 Å². The van der Waals surface area contributed by atoms with E-state index in [2.05, 4.69) is 5.32 Å². The highest BCUT2D eigenvalue weighted by molar-refractivity contribution is 6.46. The number of rotatable bonds is 5. The lowest BCUT2D eigenvalue weighted by Crippen LogP contribution is -2.32. The van der Waals surface area contributed by atoms with Crippen LogP contribution in [0.4, 0.5) is 11.4 Å². The van der Waals surface area contributed by atoms with Crippen molar-refractivity contribution in [3.8, 4) is 5.75 Å². The first-order chi connectivity index (χ1) is 14.1. The van der Waals surface area contributed by atoms with Crippen LogP contribution in [0.5, 0.6) is 5.75 Å². The Morgan fingerprint density at radius 2 is 1.48 bits per heavy atom. The van der Waals surface area contributed by atoms with E-state index in [0.29, 0.717) is 28.3 Å². The van der Waals surface area contributed by atoms with Crippen LogP contribution in [0, 0.1) is 6.92 Å². The van der Waals surface area contributed by atoms with Crippen molar-refractivity contribution >= 4 is 28.8 Å². The first kappa shape index (κ1) is 18.5. The maximum atomic E-state index is 13.3. The van der Waals surface area contributed by atoms with Crippen LogP contribution in [0.1, 0.15) is 11.1 Å². The van der Waals surface area contributed by atoms with E-state index in [-0.39, 0.29) is 11.6 Å². The second kappa shape index (κ2) is 7.64. The summed E-state index contributed by atoms with van der Waals surface area (Å²) in [5, 5.41) is 3.17. The van der Waals surface area contributed by atoms with Gasteiger partial charge in [0.1, 0.15) is 11.4 Å². The third kappa shape index (κ3) is 3.38. The molecular formula is C24H20N2O3. The molecule has 0 atom stereocenters. The fraction of sp³-hybridized carbons (Fsp3) is 0.0833. The van der Waals surface area contributed by atoms with Gasteiger partial charge in [-0.3, -0.25) is 9.59 Å². The van der Waals surface area contributed by atoms with Crippen molar-refractivity contribution in [3.63, 3.8) is 0 Å². The van der Waals surface area contributed by atoms with Crippen molar-refractivity contribution in [2.24, 2.45) is 0 Å². The fourth-order valence-corrected chi connectivity index (χ4v) is 3.38. The van der Waals surface area contributed by atoms with Gasteiger partial charge in [-0.2, -0.15) is 0 Å². The number of hydrogen-bond donors (Lipinski definition) is 1. The van der Waals surface area contributed by atoms with Crippen LogP contribution in [0.25, 0.3) is 5.57 Å². The largest absolute Gasteiger partial charge is 0.495 e. The Morgan fingerprint density at radius 3 is 2.14 bits per heavy atom. The number of nitrogens with one attached hydrogen (secondary N) is 1. The highest BCUT2D eigenvalue weighted by Crippen LogP contribution is 2.35. The van der Waals surface area contributed by atoms with Crippen LogP contribution >= 0.6 is 0 Å². The molecule has 0 saturated heterocycles. The van der Waals surface area contributed by atoms with Gasteiger partial charge in [0.05, 0.1) is 24.1 Å². The number of methoxy groups -OCH3 is 1. The quantitative estimate of drug-likeness (QED) is 0.663. The molecule has 1 aliphatic rings. The molecule has 4 rings (SSSR count). The molecule has 0 spiro atoms. The minimum atomic E-state index is -0.399. The Hall–Kier alpha value is -3.86. The van der Waals surface area contributed by atoms with Crippen LogP contribution < -0.4 is 15.0 Å². The summed E-state index contributed by atoms with van der Waals surface area (Å²) in [6.45, 7) is 1.95. The van der Waals surface area contributed by atoms with Gasteiger partial charge in [0.25, 0.3) is 11.8 Å². The monoisotopic (exact) mass is 384 g/mol. The lowest BCUT2D eigenvalue weighted by Gasteiger charge is -2.16. The van der Waals surface area contributed by atoms with Crippen molar-refractivity contribution in [2.75, 3.05) is 17.3 Å². The normalized spacial score (nSPS) is 13.8. The first-order valence-corrected chi connectivity index (χ1v) is 9.25. The molecular weight excluding hydrogens is 364 g/mol. The molecule has 5 nitrogen and oxygen atoms in total. The van der Waals surface area contributed by atoms with E-state index in [4.69, 9.17) is 4.74 Å². The van der Waals surface area contributed by atoms with Gasteiger partial charge < -0.3 is 10.1 Å². The van der Waals surface area contributed by atoms with E-state index in [1.165, 1.54) is 4.90 Å². The highest BCUT2D eigenvalue weighted by Gasteiger charge is 2.40. The fourth-order valence-electron chi connectivity index (χ4n) is 3.38. The minimum Gasteiger partial charge on any atom is -0.495 e. The minimum absolute atomic E-state index is 0.231. The van der Waals surface area contributed by atoms with Crippen LogP contribution in [0.3, 0.4) is 0 Å². The molecule has 3 aromatic carbocycles. The Bertz CT molecular complexity index is 1110. The summed E-state index contributed by atoms with van der Waals surface area (Å²) in [7, 11) is 1.57. The predicted octanol–water partition coefficient (Wildman–Crippen LogP) is 4.40. The number of imide groups is 1. The Morgan fingerprint density at radius 1 is 0.828 bits per heavy atom. The molecule has 0 aromatic heterocycles. The molecule has 1 N–H and O–H groups in total. The smallest absolute Gasteiger partial charge is 0.282 e. The number of benzene rings is 3. The summed E-state index contributed by atoms with van der Waals surface area (Å²) in [6.07, 6.45) is 0. The molecule has 29 heavy (non-hydrogen) atoms. The number of para-hydroxylation sites is 1. The zero-order valence-corrected chi connectivity index (χ0v) is 16.2. The van der Waals surface area contributed by atoms with Gasteiger partial charge in [-0.1, -0.05) is 54.6 Å². The highest BCUT2D eigenvalue weighted by atomic mass is 16.5. The average Bonchev–Trinajstić information content (AvgIpc) is 2.99. The van der Waals surface area contributed by atoms with Gasteiger partial charge in [-0.15, -0.1) is 0 Å². The molecule has 2 amide bonds. The average molecular weight is 384 g/mol. The van der Waals surface area contributed by atoms with E-state index in [0.717, 1.165) is 5.56 Å². The molecule has 0 unspecified atom stereocenters. The summed E-state index contributed by atoms with van der Waals surface area (Å²) >= 11 is 0.